The second-order valence-electron chi connectivity index (χ2n) is 7.80. The van der Waals surface area contributed by atoms with Gasteiger partial charge in [-0.05, 0) is 25.7 Å². The van der Waals surface area contributed by atoms with Gasteiger partial charge in [0, 0.05) is 58.0 Å². The van der Waals surface area contributed by atoms with Crippen LogP contribution < -0.4 is 4.90 Å². The summed E-state index contributed by atoms with van der Waals surface area (Å²) in [6, 6.07) is 0.388. The first-order chi connectivity index (χ1) is 12.8. The number of anilines is 1. The molecule has 0 aromatic carbocycles. The van der Waals surface area contributed by atoms with Gasteiger partial charge in [-0.1, -0.05) is 0 Å². The van der Waals surface area contributed by atoms with Crippen molar-refractivity contribution in [3.8, 4) is 0 Å². The second kappa shape index (κ2) is 6.54. The van der Waals surface area contributed by atoms with Gasteiger partial charge in [0.25, 0.3) is 0 Å². The average molecular weight is 354 g/mol. The number of hydrogen-bond acceptors (Lipinski definition) is 4. The predicted octanol–water partition coefficient (Wildman–Crippen LogP) is 1.99. The van der Waals surface area contributed by atoms with Crippen molar-refractivity contribution in [2.45, 2.75) is 57.7 Å². The fraction of sp³-hybridized carbons (Fsp3) is 0.632. The van der Waals surface area contributed by atoms with Crippen molar-refractivity contribution >= 4 is 11.6 Å². The lowest BCUT2D eigenvalue weighted by atomic mass is 10.2. The lowest BCUT2D eigenvalue weighted by Gasteiger charge is -2.15. The van der Waals surface area contributed by atoms with E-state index >= 15 is 0 Å². The molecule has 0 bridgehead atoms. The topological polar surface area (TPSA) is 59.2 Å². The zero-order valence-electron chi connectivity index (χ0n) is 15.2. The van der Waals surface area contributed by atoms with Crippen LogP contribution in [-0.4, -0.2) is 49.8 Å². The Morgan fingerprint density at radius 2 is 2.04 bits per heavy atom. The lowest BCUT2D eigenvalue weighted by Crippen LogP contribution is -2.23. The second-order valence-corrected chi connectivity index (χ2v) is 7.80. The van der Waals surface area contributed by atoms with E-state index in [1.165, 1.54) is 24.4 Å². The standard InChI is InChI=1S/C19H26N6O/c26-19-5-3-8-24(19)17-10-20-25(14-17)16-6-9-22(13-16)11-15-12-23-7-2-1-4-18(23)21-15/h10,12,14,16H,1-9,11,13H2. The molecule has 5 heterocycles. The molecule has 2 aromatic rings. The van der Waals surface area contributed by atoms with Gasteiger partial charge in [-0.3, -0.25) is 14.4 Å². The highest BCUT2D eigenvalue weighted by Crippen LogP contribution is 2.27. The highest BCUT2D eigenvalue weighted by molar-refractivity contribution is 5.95. The highest BCUT2D eigenvalue weighted by Gasteiger charge is 2.28. The Bertz CT molecular complexity index is 785. The number of rotatable bonds is 4. The van der Waals surface area contributed by atoms with Crippen LogP contribution in [0.25, 0.3) is 0 Å². The Hall–Kier alpha value is -2.15. The van der Waals surface area contributed by atoms with E-state index in [1.807, 2.05) is 17.3 Å². The summed E-state index contributed by atoms with van der Waals surface area (Å²) in [6.07, 6.45) is 12.5. The molecule has 1 unspecified atom stereocenters. The number of likely N-dealkylation sites (tertiary alicyclic amines) is 1. The molecule has 5 rings (SSSR count). The molecule has 1 atom stereocenters. The fourth-order valence-electron chi connectivity index (χ4n) is 4.54. The first-order valence-electron chi connectivity index (χ1n) is 9.88. The number of aryl methyl sites for hydroxylation is 2. The van der Waals surface area contributed by atoms with Gasteiger partial charge < -0.3 is 9.47 Å². The summed E-state index contributed by atoms with van der Waals surface area (Å²) in [5.74, 6) is 1.48. The number of nitrogens with zero attached hydrogens (tertiary/aromatic N) is 6. The third-order valence-corrected chi connectivity index (χ3v) is 5.94. The van der Waals surface area contributed by atoms with E-state index in [4.69, 9.17) is 4.98 Å². The zero-order chi connectivity index (χ0) is 17.5. The largest absolute Gasteiger partial charge is 0.335 e. The van der Waals surface area contributed by atoms with E-state index < -0.39 is 0 Å². The molecule has 0 radical (unpaired) electrons. The van der Waals surface area contributed by atoms with Gasteiger partial charge >= 0.3 is 0 Å². The molecule has 3 aliphatic rings. The molecule has 0 saturated carbocycles. The first kappa shape index (κ1) is 16.1. The molecule has 0 N–H and O–H groups in total. The van der Waals surface area contributed by atoms with Gasteiger partial charge in [-0.25, -0.2) is 4.98 Å². The highest BCUT2D eigenvalue weighted by atomic mass is 16.2. The van der Waals surface area contributed by atoms with Crippen LogP contribution in [-0.2, 0) is 24.3 Å². The van der Waals surface area contributed by atoms with Crippen molar-refractivity contribution in [2.75, 3.05) is 24.5 Å². The molecule has 1 amide bonds. The predicted molar refractivity (Wildman–Crippen MR) is 97.9 cm³/mol. The van der Waals surface area contributed by atoms with Crippen molar-refractivity contribution in [3.05, 3.63) is 30.1 Å². The number of carbonyl (C=O) groups is 1. The van der Waals surface area contributed by atoms with Crippen molar-refractivity contribution < 1.29 is 4.79 Å². The summed E-state index contributed by atoms with van der Waals surface area (Å²) < 4.78 is 4.39. The third kappa shape index (κ3) is 2.94. The lowest BCUT2D eigenvalue weighted by molar-refractivity contribution is -0.117. The number of carbonyl (C=O) groups excluding carboxylic acids is 1. The number of hydrogen-bond donors (Lipinski definition) is 0. The summed E-state index contributed by atoms with van der Waals surface area (Å²) in [6.45, 7) is 4.94. The van der Waals surface area contributed by atoms with Gasteiger partial charge in [0.15, 0.2) is 0 Å². The smallest absolute Gasteiger partial charge is 0.227 e. The van der Waals surface area contributed by atoms with Crippen LogP contribution in [0, 0.1) is 0 Å². The maximum atomic E-state index is 11.9. The van der Waals surface area contributed by atoms with E-state index in [1.54, 1.807) is 0 Å². The quantitative estimate of drug-likeness (QED) is 0.842. The number of fused-ring (bicyclic) bond motifs is 1. The van der Waals surface area contributed by atoms with Gasteiger partial charge in [0.05, 0.1) is 23.6 Å². The Balaban J connectivity index is 1.22. The molecular weight excluding hydrogens is 328 g/mol. The van der Waals surface area contributed by atoms with Crippen molar-refractivity contribution in [3.63, 3.8) is 0 Å². The van der Waals surface area contributed by atoms with Gasteiger partial charge in [0.1, 0.15) is 5.82 Å². The average Bonchev–Trinajstić information content (AvgIpc) is 3.40. The Labute approximate surface area is 153 Å². The third-order valence-electron chi connectivity index (χ3n) is 5.94. The summed E-state index contributed by atoms with van der Waals surface area (Å²) in [5.41, 5.74) is 2.15. The molecule has 7 nitrogen and oxygen atoms in total. The van der Waals surface area contributed by atoms with E-state index in [0.717, 1.165) is 57.7 Å². The normalized spacial score (nSPS) is 23.8. The summed E-state index contributed by atoms with van der Waals surface area (Å²) >= 11 is 0. The first-order valence-corrected chi connectivity index (χ1v) is 9.88. The fourth-order valence-corrected chi connectivity index (χ4v) is 4.54. The summed E-state index contributed by atoms with van der Waals surface area (Å²) in [4.78, 5) is 21.1. The van der Waals surface area contributed by atoms with Gasteiger partial charge in [-0.2, -0.15) is 5.10 Å². The number of amides is 1. The minimum atomic E-state index is 0.223. The van der Waals surface area contributed by atoms with Crippen LogP contribution in [0.4, 0.5) is 5.69 Å². The monoisotopic (exact) mass is 354 g/mol. The van der Waals surface area contributed by atoms with Crippen molar-refractivity contribution in [1.29, 1.82) is 0 Å². The molecule has 7 heteroatoms. The van der Waals surface area contributed by atoms with Crippen LogP contribution in [0.3, 0.4) is 0 Å². The number of aromatic nitrogens is 4. The molecule has 2 saturated heterocycles. The van der Waals surface area contributed by atoms with E-state index in [9.17, 15) is 4.79 Å². The Kier molecular flexibility index (Phi) is 4.04. The van der Waals surface area contributed by atoms with Crippen molar-refractivity contribution in [2.24, 2.45) is 0 Å². The number of imidazole rings is 1. The van der Waals surface area contributed by atoms with Crippen LogP contribution >= 0.6 is 0 Å². The minimum absolute atomic E-state index is 0.223. The maximum absolute atomic E-state index is 11.9. The van der Waals surface area contributed by atoms with Crippen molar-refractivity contribution in [1.82, 2.24) is 24.2 Å². The van der Waals surface area contributed by atoms with Gasteiger partial charge in [0.2, 0.25) is 5.91 Å². The molecule has 2 aromatic heterocycles. The van der Waals surface area contributed by atoms with Crippen LogP contribution in [0.1, 0.15) is 49.7 Å². The van der Waals surface area contributed by atoms with E-state index in [-0.39, 0.29) is 5.91 Å². The van der Waals surface area contributed by atoms with E-state index in [0.29, 0.717) is 12.5 Å². The molecule has 138 valence electrons. The molecule has 0 aliphatic carbocycles. The molecule has 26 heavy (non-hydrogen) atoms. The van der Waals surface area contributed by atoms with Crippen LogP contribution in [0.15, 0.2) is 18.6 Å². The van der Waals surface area contributed by atoms with E-state index in [2.05, 4.69) is 25.4 Å². The molecule has 2 fully saturated rings. The van der Waals surface area contributed by atoms with Gasteiger partial charge in [-0.15, -0.1) is 0 Å². The SMILES string of the molecule is O=C1CCCN1c1cnn(C2CCN(Cc3cn4c(n3)CCCC4)C2)c1. The Morgan fingerprint density at radius 3 is 2.88 bits per heavy atom. The summed E-state index contributed by atoms with van der Waals surface area (Å²) in [7, 11) is 0. The maximum Gasteiger partial charge on any atom is 0.227 e. The molecular formula is C19H26N6O. The Morgan fingerprint density at radius 1 is 1.08 bits per heavy atom. The molecule has 3 aliphatic heterocycles. The van der Waals surface area contributed by atoms with Crippen LogP contribution in [0.5, 0.6) is 0 Å². The van der Waals surface area contributed by atoms with Crippen LogP contribution in [0.2, 0.25) is 0 Å². The zero-order valence-corrected chi connectivity index (χ0v) is 15.2. The molecule has 0 spiro atoms. The minimum Gasteiger partial charge on any atom is -0.335 e. The summed E-state index contributed by atoms with van der Waals surface area (Å²) in [5, 5.41) is 4.55.